The number of nitrogens with zero attached hydrogens (tertiary/aromatic N) is 4. The fraction of sp³-hybridized carbons (Fsp3) is 0.814. The number of quaternary nitrogens is 4. The van der Waals surface area contributed by atoms with Gasteiger partial charge in [-0.15, -0.1) is 0 Å². The molecule has 0 saturated carbocycles. The summed E-state index contributed by atoms with van der Waals surface area (Å²) < 4.78 is 11.2. The van der Waals surface area contributed by atoms with E-state index in [1.54, 1.807) is 21.1 Å². The maximum absolute atomic E-state index is 12.9. The lowest BCUT2D eigenvalue weighted by atomic mass is 10.1. The molecule has 66 heavy (non-hydrogen) atoms. The number of hydrogen-bond acceptors (Lipinski definition) is 14. The van der Waals surface area contributed by atoms with Gasteiger partial charge in [-0.2, -0.15) is 0 Å². The number of hydrogen-bond donors (Lipinski definition) is 7. The first-order valence-corrected chi connectivity index (χ1v) is 25.4. The lowest BCUT2D eigenvalue weighted by molar-refractivity contribution is -0.903. The van der Waals surface area contributed by atoms with Crippen LogP contribution in [0.2, 0.25) is 0 Å². The molecule has 0 aliphatic rings. The first-order valence-electron chi connectivity index (χ1n) is 22.9. The largest absolute Gasteiger partial charge is 0.477 e. The molecule has 21 nitrogen and oxygen atoms in total. The van der Waals surface area contributed by atoms with Gasteiger partial charge >= 0.3 is 35.8 Å². The smallest absolute Gasteiger partial charge is 0.359 e. The standard InChI is InChI=1S/C43H79N7O14S2/c1-7-8-20-47(3,32-38(53)54)21-11-9-10-14-42(61)63-27-25-50(6,35-41(59)60)31-37(52)46-19-29-66-65-28-12-13-36(51)30-49(5,34-40(57)58)24-26-64-43(62)15-16-45-18-23-48(4,22-17-44-2)33-39(55)56/h44-45H,7-35H2,1-6H3,(H-4,46,52,53,54,55,56,57,58,59,60)/p+4. The van der Waals surface area contributed by atoms with Gasteiger partial charge < -0.3 is 63.8 Å². The molecule has 0 spiro atoms. The van der Waals surface area contributed by atoms with E-state index in [1.807, 2.05) is 14.1 Å². The number of unbranched alkanes of at least 4 members (excludes halogenated alkanes) is 3. The molecule has 0 aliphatic carbocycles. The number of nitrogens with one attached hydrogen (secondary N) is 3. The van der Waals surface area contributed by atoms with Gasteiger partial charge in [0.25, 0.3) is 5.91 Å². The van der Waals surface area contributed by atoms with Gasteiger partial charge in [0.2, 0.25) is 0 Å². The van der Waals surface area contributed by atoms with Crippen LogP contribution in [-0.2, 0) is 47.8 Å². The van der Waals surface area contributed by atoms with E-state index in [0.717, 1.165) is 32.2 Å². The Morgan fingerprint density at radius 1 is 0.485 bits per heavy atom. The number of likely N-dealkylation sites (N-methyl/N-ethyl adjacent to an activating group) is 5. The number of carboxylic acids is 4. The summed E-state index contributed by atoms with van der Waals surface area (Å²) in [5.74, 6) is -4.00. The minimum Gasteiger partial charge on any atom is -0.477 e. The van der Waals surface area contributed by atoms with Gasteiger partial charge in [0.05, 0.1) is 60.8 Å². The highest BCUT2D eigenvalue weighted by Crippen LogP contribution is 2.22. The lowest BCUT2D eigenvalue weighted by Gasteiger charge is -2.33. The second-order valence-corrected chi connectivity index (χ2v) is 20.9. The fourth-order valence-electron chi connectivity index (χ4n) is 7.29. The van der Waals surface area contributed by atoms with Crippen molar-refractivity contribution < 1.29 is 86.2 Å². The molecule has 0 heterocycles. The zero-order valence-electron chi connectivity index (χ0n) is 40.5. The number of amides is 1. The molecule has 382 valence electrons. The van der Waals surface area contributed by atoms with Gasteiger partial charge in [-0.1, -0.05) is 34.9 Å². The summed E-state index contributed by atoms with van der Waals surface area (Å²) in [7, 11) is 11.9. The Morgan fingerprint density at radius 3 is 1.55 bits per heavy atom. The molecule has 1 amide bonds. The third-order valence-corrected chi connectivity index (χ3v) is 13.6. The molecule has 0 rings (SSSR count). The summed E-state index contributed by atoms with van der Waals surface area (Å²) in [6.45, 7) is 6.03. The van der Waals surface area contributed by atoms with Crippen molar-refractivity contribution >= 4 is 69.1 Å². The molecule has 0 bridgehead atoms. The van der Waals surface area contributed by atoms with E-state index in [1.165, 1.54) is 21.6 Å². The van der Waals surface area contributed by atoms with Crippen molar-refractivity contribution in [2.75, 3.05) is 165 Å². The fourth-order valence-corrected chi connectivity index (χ4v) is 9.28. The molecule has 23 heteroatoms. The van der Waals surface area contributed by atoms with Crippen molar-refractivity contribution in [1.29, 1.82) is 0 Å². The van der Waals surface area contributed by atoms with Gasteiger partial charge in [0.15, 0.2) is 38.5 Å². The molecule has 0 aromatic rings. The zero-order valence-corrected chi connectivity index (χ0v) is 42.1. The normalized spacial score (nSPS) is 15.0. The summed E-state index contributed by atoms with van der Waals surface area (Å²) in [6, 6.07) is 0. The van der Waals surface area contributed by atoms with Crippen molar-refractivity contribution in [3.05, 3.63) is 0 Å². The number of rotatable bonds is 44. The Labute approximate surface area is 399 Å². The molecule has 0 fully saturated rings. The monoisotopic (exact) mass is 986 g/mol. The molecular weight excluding hydrogens is 903 g/mol. The Balaban J connectivity index is 4.50. The molecule has 4 atom stereocenters. The first kappa shape index (κ1) is 62.4. The number of ether oxygens (including phenoxy) is 2. The Morgan fingerprint density at radius 2 is 0.985 bits per heavy atom. The quantitative estimate of drug-likeness (QED) is 0.0191. The van der Waals surface area contributed by atoms with Crippen LogP contribution in [0.1, 0.15) is 64.7 Å². The number of carboxylic acid groups (broad SMARTS) is 4. The van der Waals surface area contributed by atoms with Gasteiger partial charge in [-0.05, 0) is 39.2 Å². The minimum absolute atomic E-state index is 0.0152. The van der Waals surface area contributed by atoms with Crippen LogP contribution in [0.5, 0.6) is 0 Å². The average molecular weight is 986 g/mol. The highest BCUT2D eigenvalue weighted by molar-refractivity contribution is 8.76. The van der Waals surface area contributed by atoms with E-state index in [9.17, 15) is 58.8 Å². The number of aliphatic carboxylic acids is 4. The van der Waals surface area contributed by atoms with Crippen LogP contribution >= 0.6 is 21.6 Å². The summed E-state index contributed by atoms with van der Waals surface area (Å²) in [4.78, 5) is 96.2. The number of Topliss-reactive ketones (excluding diaryl/α,β-unsaturated/α-hetero) is 1. The van der Waals surface area contributed by atoms with Crippen molar-refractivity contribution in [1.82, 2.24) is 16.0 Å². The van der Waals surface area contributed by atoms with Gasteiger partial charge in [-0.3, -0.25) is 19.2 Å². The number of carbonyl (C=O) groups is 8. The van der Waals surface area contributed by atoms with Crippen LogP contribution in [0.3, 0.4) is 0 Å². The summed E-state index contributed by atoms with van der Waals surface area (Å²) in [5, 5.41) is 46.5. The average Bonchev–Trinajstić information content (AvgIpc) is 3.18. The predicted molar refractivity (Wildman–Crippen MR) is 253 cm³/mol. The van der Waals surface area contributed by atoms with E-state index in [2.05, 4.69) is 22.9 Å². The highest BCUT2D eigenvalue weighted by Gasteiger charge is 2.31. The van der Waals surface area contributed by atoms with Crippen LogP contribution in [0.25, 0.3) is 0 Å². The second kappa shape index (κ2) is 34.7. The molecule has 0 aromatic heterocycles. The molecule has 4 unspecified atom stereocenters. The van der Waals surface area contributed by atoms with E-state index in [4.69, 9.17) is 9.47 Å². The number of carbonyl (C=O) groups excluding carboxylic acids is 4. The van der Waals surface area contributed by atoms with Gasteiger partial charge in [0.1, 0.15) is 32.8 Å². The first-order chi connectivity index (χ1) is 31.0. The molecule has 0 radical (unpaired) electrons. The SMILES string of the molecule is CCCC[N+](C)(CCCCCC(=O)OCC[N+](C)(CC(=O)O)CC(=O)NCCSSCCCC(=O)C[N+](C)(CCOC(=O)CCNCC[N+](C)(CCNC)CC(=O)O)CC(=O)O)CC(=O)O. The van der Waals surface area contributed by atoms with Crippen molar-refractivity contribution in [3.63, 3.8) is 0 Å². The van der Waals surface area contributed by atoms with Crippen molar-refractivity contribution in [3.8, 4) is 0 Å². The third kappa shape index (κ3) is 33.8. The van der Waals surface area contributed by atoms with Crippen LogP contribution in [-0.4, -0.2) is 251 Å². The summed E-state index contributed by atoms with van der Waals surface area (Å²) in [6.07, 6.45) is 5.12. The summed E-state index contributed by atoms with van der Waals surface area (Å²) in [5.41, 5.74) is 0. The second-order valence-electron chi connectivity index (χ2n) is 18.2. The van der Waals surface area contributed by atoms with E-state index in [-0.39, 0.29) is 105 Å². The van der Waals surface area contributed by atoms with E-state index >= 15 is 0 Å². The van der Waals surface area contributed by atoms with Crippen molar-refractivity contribution in [2.24, 2.45) is 0 Å². The number of esters is 2. The maximum Gasteiger partial charge on any atom is 0.359 e. The Kier molecular flexibility index (Phi) is 32.8. The molecular formula is C43H83N7O14S2+4. The molecule has 0 aliphatic heterocycles. The molecule has 7 N–H and O–H groups in total. The predicted octanol–water partition coefficient (Wildman–Crippen LogP) is 0.604. The summed E-state index contributed by atoms with van der Waals surface area (Å²) >= 11 is 0. The minimum atomic E-state index is -1.09. The van der Waals surface area contributed by atoms with Crippen LogP contribution in [0.15, 0.2) is 0 Å². The van der Waals surface area contributed by atoms with Crippen LogP contribution in [0, 0.1) is 0 Å². The molecule has 0 aromatic carbocycles. The molecule has 0 saturated heterocycles. The van der Waals surface area contributed by atoms with Crippen LogP contribution in [0.4, 0.5) is 0 Å². The van der Waals surface area contributed by atoms with Gasteiger partial charge in [0, 0.05) is 50.5 Å². The Bertz CT molecular complexity index is 1410. The third-order valence-electron chi connectivity index (χ3n) is 11.1. The zero-order chi connectivity index (χ0) is 50.1. The lowest BCUT2D eigenvalue weighted by Crippen LogP contribution is -2.54. The highest BCUT2D eigenvalue weighted by atomic mass is 33.1. The van der Waals surface area contributed by atoms with Crippen LogP contribution < -0.4 is 16.0 Å². The number of ketones is 1. The van der Waals surface area contributed by atoms with Gasteiger partial charge in [-0.25, -0.2) is 19.2 Å². The van der Waals surface area contributed by atoms with E-state index < -0.39 is 35.8 Å². The van der Waals surface area contributed by atoms with Crippen molar-refractivity contribution in [2.45, 2.75) is 64.7 Å². The Hall–Kier alpha value is -3.58. The topological polar surface area (TPSA) is 272 Å². The van der Waals surface area contributed by atoms with E-state index in [0.29, 0.717) is 79.1 Å². The maximum atomic E-state index is 12.9.